The molecular weight excluding hydrogens is 376 g/mol. The maximum absolute atomic E-state index is 12.2. The lowest BCUT2D eigenvalue weighted by Gasteiger charge is -2.29. The molecule has 0 saturated heterocycles. The highest BCUT2D eigenvalue weighted by Gasteiger charge is 2.34. The third kappa shape index (κ3) is 4.03. The summed E-state index contributed by atoms with van der Waals surface area (Å²) in [6, 6.07) is 4.45. The van der Waals surface area contributed by atoms with Gasteiger partial charge < -0.3 is 10.2 Å². The first-order valence-corrected chi connectivity index (χ1v) is 8.19. The molecule has 2 rings (SSSR count). The number of hydrogen-bond acceptors (Lipinski definition) is 5. The smallest absolute Gasteiger partial charge is 0.275 e. The number of ketones is 1. The first-order valence-electron chi connectivity index (χ1n) is 7.39. The van der Waals surface area contributed by atoms with E-state index in [4.69, 9.17) is 0 Å². The summed E-state index contributed by atoms with van der Waals surface area (Å²) >= 11 is 3.22. The van der Waals surface area contributed by atoms with Gasteiger partial charge in [0.15, 0.2) is 5.78 Å². The van der Waals surface area contributed by atoms with E-state index in [1.54, 1.807) is 13.0 Å². The quantitative estimate of drug-likeness (QED) is 0.539. The van der Waals surface area contributed by atoms with Crippen molar-refractivity contribution >= 4 is 33.3 Å². The zero-order valence-electron chi connectivity index (χ0n) is 13.7. The Bertz CT molecular complexity index is 766. The maximum Gasteiger partial charge on any atom is 0.275 e. The third-order valence-electron chi connectivity index (χ3n) is 3.74. The first kappa shape index (κ1) is 18.2. The first-order chi connectivity index (χ1) is 11.1. The normalized spacial score (nSPS) is 17.8. The molecule has 6 nitrogen and oxygen atoms in total. The molecular formula is C17H19BrN2O4. The van der Waals surface area contributed by atoms with Crippen molar-refractivity contribution in [3.8, 4) is 5.75 Å². The average molecular weight is 395 g/mol. The van der Waals surface area contributed by atoms with Crippen LogP contribution in [0.5, 0.6) is 5.75 Å². The van der Waals surface area contributed by atoms with Gasteiger partial charge in [0.2, 0.25) is 0 Å². The fraction of sp³-hybridized carbons (Fsp3) is 0.353. The van der Waals surface area contributed by atoms with Crippen LogP contribution in [-0.4, -0.2) is 27.6 Å². The Morgan fingerprint density at radius 1 is 1.29 bits per heavy atom. The lowest BCUT2D eigenvalue weighted by atomic mass is 9.76. The number of Topliss-reactive ketones (excluding diaryl/α,β-unsaturated/α-hetero) is 1. The number of aliphatic hydroxyl groups is 1. The van der Waals surface area contributed by atoms with Gasteiger partial charge in [0.05, 0.1) is 16.8 Å². The number of nitrogens with zero attached hydrogens (tertiary/aromatic N) is 1. The number of aliphatic hydroxyl groups excluding tert-OH is 1. The van der Waals surface area contributed by atoms with E-state index < -0.39 is 5.91 Å². The Morgan fingerprint density at radius 3 is 2.58 bits per heavy atom. The van der Waals surface area contributed by atoms with Crippen molar-refractivity contribution < 1.29 is 19.8 Å². The van der Waals surface area contributed by atoms with Crippen molar-refractivity contribution in [2.24, 2.45) is 10.5 Å². The van der Waals surface area contributed by atoms with Gasteiger partial charge in [-0.25, -0.2) is 5.43 Å². The van der Waals surface area contributed by atoms with Crippen molar-refractivity contribution in [1.82, 2.24) is 5.43 Å². The fourth-order valence-corrected chi connectivity index (χ4v) is 3.00. The summed E-state index contributed by atoms with van der Waals surface area (Å²) in [5.41, 5.74) is 2.43. The lowest BCUT2D eigenvalue weighted by Crippen LogP contribution is -2.29. The van der Waals surface area contributed by atoms with Crippen LogP contribution in [0.15, 0.2) is 39.1 Å². The number of allylic oxidation sites excluding steroid dienone is 2. The van der Waals surface area contributed by atoms with Gasteiger partial charge >= 0.3 is 0 Å². The van der Waals surface area contributed by atoms with E-state index in [1.165, 1.54) is 12.1 Å². The number of amides is 1. The Labute approximate surface area is 148 Å². The average Bonchev–Trinajstić information content (AvgIpc) is 2.45. The molecule has 0 atom stereocenters. The molecule has 0 aromatic heterocycles. The van der Waals surface area contributed by atoms with E-state index in [0.29, 0.717) is 17.3 Å². The van der Waals surface area contributed by atoms with Crippen LogP contribution in [0, 0.1) is 5.41 Å². The Hall–Kier alpha value is -2.15. The second kappa shape index (κ2) is 6.76. The molecule has 128 valence electrons. The van der Waals surface area contributed by atoms with E-state index >= 15 is 0 Å². The highest BCUT2D eigenvalue weighted by Crippen LogP contribution is 2.36. The molecule has 0 heterocycles. The number of hydrogen-bond donors (Lipinski definition) is 3. The minimum absolute atomic E-state index is 0.0166. The minimum Gasteiger partial charge on any atom is -0.511 e. The van der Waals surface area contributed by atoms with Crippen molar-refractivity contribution in [3.63, 3.8) is 0 Å². The zero-order chi connectivity index (χ0) is 18.1. The number of aromatic hydroxyl groups is 1. The molecule has 0 unspecified atom stereocenters. The molecule has 3 N–H and O–H groups in total. The third-order valence-corrected chi connectivity index (χ3v) is 4.24. The van der Waals surface area contributed by atoms with Crippen LogP contribution in [0.1, 0.15) is 44.0 Å². The van der Waals surface area contributed by atoms with E-state index in [2.05, 4.69) is 26.5 Å². The summed E-state index contributed by atoms with van der Waals surface area (Å²) in [6.07, 6.45) is 0.681. The predicted octanol–water partition coefficient (Wildman–Crippen LogP) is 3.46. The summed E-state index contributed by atoms with van der Waals surface area (Å²) in [7, 11) is 0. The fourth-order valence-electron chi connectivity index (χ4n) is 2.64. The van der Waals surface area contributed by atoms with Crippen molar-refractivity contribution in [2.75, 3.05) is 0 Å². The monoisotopic (exact) mass is 394 g/mol. The summed E-state index contributed by atoms with van der Waals surface area (Å²) in [6.45, 7) is 5.35. The number of carbonyl (C=O) groups is 2. The molecule has 1 aromatic carbocycles. The van der Waals surface area contributed by atoms with E-state index in [1.807, 2.05) is 13.8 Å². The van der Waals surface area contributed by atoms with Crippen molar-refractivity contribution in [1.29, 1.82) is 0 Å². The molecule has 7 heteroatoms. The number of hydrazone groups is 1. The van der Waals surface area contributed by atoms with Gasteiger partial charge in [-0.2, -0.15) is 5.10 Å². The SMILES string of the molecule is CC(=NNC(=O)c1cc(Br)ccc1O)C1=C(O)CC(C)(C)CC1=O. The molecule has 24 heavy (non-hydrogen) atoms. The molecule has 0 bridgehead atoms. The van der Waals surface area contributed by atoms with Gasteiger partial charge in [0.25, 0.3) is 5.91 Å². The molecule has 1 aliphatic rings. The van der Waals surface area contributed by atoms with Crippen LogP contribution in [0.25, 0.3) is 0 Å². The van der Waals surface area contributed by atoms with Gasteiger partial charge in [-0.1, -0.05) is 29.8 Å². The summed E-state index contributed by atoms with van der Waals surface area (Å²) in [4.78, 5) is 24.3. The number of phenols is 1. The van der Waals surface area contributed by atoms with Gasteiger partial charge in [0, 0.05) is 17.3 Å². The molecule has 0 spiro atoms. The van der Waals surface area contributed by atoms with Gasteiger partial charge in [0.1, 0.15) is 11.5 Å². The molecule has 0 radical (unpaired) electrons. The van der Waals surface area contributed by atoms with Crippen molar-refractivity contribution in [3.05, 3.63) is 39.6 Å². The predicted molar refractivity (Wildman–Crippen MR) is 94.1 cm³/mol. The lowest BCUT2D eigenvalue weighted by molar-refractivity contribution is -0.117. The molecule has 0 aliphatic heterocycles. The summed E-state index contributed by atoms with van der Waals surface area (Å²) < 4.78 is 0.635. The molecule has 1 aromatic rings. The van der Waals surface area contributed by atoms with Crippen LogP contribution in [0.2, 0.25) is 0 Å². The van der Waals surface area contributed by atoms with E-state index in [9.17, 15) is 19.8 Å². The molecule has 1 amide bonds. The largest absolute Gasteiger partial charge is 0.511 e. The van der Waals surface area contributed by atoms with Crippen LogP contribution < -0.4 is 5.43 Å². The molecule has 0 saturated carbocycles. The van der Waals surface area contributed by atoms with Crippen LogP contribution >= 0.6 is 15.9 Å². The van der Waals surface area contributed by atoms with Crippen LogP contribution in [0.3, 0.4) is 0 Å². The summed E-state index contributed by atoms with van der Waals surface area (Å²) in [5.74, 6) is -1.01. The minimum atomic E-state index is -0.614. The second-order valence-electron chi connectivity index (χ2n) is 6.56. The number of phenolic OH excluding ortho intramolecular Hbond substituents is 1. The number of carbonyl (C=O) groups excluding carboxylic acids is 2. The number of rotatable bonds is 3. The van der Waals surface area contributed by atoms with Gasteiger partial charge in [-0.3, -0.25) is 9.59 Å². The zero-order valence-corrected chi connectivity index (χ0v) is 15.3. The topological polar surface area (TPSA) is 99.0 Å². The van der Waals surface area contributed by atoms with Gasteiger partial charge in [-0.15, -0.1) is 0 Å². The Morgan fingerprint density at radius 2 is 1.96 bits per heavy atom. The van der Waals surface area contributed by atoms with Crippen molar-refractivity contribution in [2.45, 2.75) is 33.6 Å². The summed E-state index contributed by atoms with van der Waals surface area (Å²) in [5, 5.41) is 23.8. The molecule has 0 fully saturated rings. The molecule has 1 aliphatic carbocycles. The highest BCUT2D eigenvalue weighted by atomic mass is 79.9. The Kier molecular flexibility index (Phi) is 5.13. The number of benzene rings is 1. The second-order valence-corrected chi connectivity index (χ2v) is 7.48. The standard InChI is InChI=1S/C17H19BrN2O4/c1-9(15-13(22)7-17(2,3)8-14(15)23)19-20-16(24)11-6-10(18)4-5-12(11)21/h4-6,21-22H,7-8H2,1-3H3,(H,20,24). The number of nitrogens with one attached hydrogen (secondary N) is 1. The maximum atomic E-state index is 12.2. The van der Waals surface area contributed by atoms with E-state index in [-0.39, 0.29) is 39.6 Å². The highest BCUT2D eigenvalue weighted by molar-refractivity contribution is 9.10. The van der Waals surface area contributed by atoms with E-state index in [0.717, 1.165) is 0 Å². The van der Waals surface area contributed by atoms with Gasteiger partial charge in [-0.05, 0) is 30.5 Å². The Balaban J connectivity index is 2.21. The van der Waals surface area contributed by atoms with Crippen LogP contribution in [0.4, 0.5) is 0 Å². The number of halogens is 1. The van der Waals surface area contributed by atoms with Crippen LogP contribution in [-0.2, 0) is 4.79 Å².